The lowest BCUT2D eigenvalue weighted by Crippen LogP contribution is -2.28. The first-order chi connectivity index (χ1) is 8.97. The Morgan fingerprint density at radius 3 is 2.68 bits per heavy atom. The fourth-order valence-electron chi connectivity index (χ4n) is 1.45. The minimum absolute atomic E-state index is 0.0886. The fraction of sp³-hybridized carbons (Fsp3) is 0.250. The number of carbonyl (C=O) groups excluding carboxylic acids is 2. The van der Waals surface area contributed by atoms with Gasteiger partial charge < -0.3 is 10.1 Å². The van der Waals surface area contributed by atoms with Gasteiger partial charge in [-0.3, -0.25) is 15.4 Å². The summed E-state index contributed by atoms with van der Waals surface area (Å²) in [5.74, 6) is -0.240. The van der Waals surface area contributed by atoms with Crippen LogP contribution in [0.5, 0.6) is 5.75 Å². The van der Waals surface area contributed by atoms with E-state index >= 15 is 0 Å². The van der Waals surface area contributed by atoms with Crippen LogP contribution < -0.4 is 15.5 Å². The van der Waals surface area contributed by atoms with Crippen LogP contribution in [-0.4, -0.2) is 30.0 Å². The van der Waals surface area contributed by atoms with Crippen LogP contribution in [0.3, 0.4) is 0 Å². The highest BCUT2D eigenvalue weighted by Gasteiger charge is 2.11. The summed E-state index contributed by atoms with van der Waals surface area (Å²) in [6.07, 6.45) is -0.875. The van der Waals surface area contributed by atoms with Crippen molar-refractivity contribution >= 4 is 17.7 Å². The molecule has 0 atom stereocenters. The maximum absolute atomic E-state index is 11.3. The topological polar surface area (TPSA) is 112 Å². The molecule has 0 unspecified atom stereocenters. The highest BCUT2D eigenvalue weighted by Crippen LogP contribution is 2.18. The van der Waals surface area contributed by atoms with Gasteiger partial charge in [-0.1, -0.05) is 6.07 Å². The minimum Gasteiger partial charge on any atom is -0.409 e. The predicted octanol–water partition coefficient (Wildman–Crippen LogP) is 0.781. The molecule has 0 bridgehead atoms. The number of hydrogen-bond acceptors (Lipinski definition) is 5. The predicted molar refractivity (Wildman–Crippen MR) is 67.6 cm³/mol. The molecule has 4 N–H and O–H groups in total. The van der Waals surface area contributed by atoms with Crippen LogP contribution in [0.15, 0.2) is 18.2 Å². The van der Waals surface area contributed by atoms with Gasteiger partial charge in [-0.2, -0.15) is 0 Å². The molecule has 2 amide bonds. The molecule has 0 fully saturated rings. The lowest BCUT2D eigenvalue weighted by Gasteiger charge is -2.09. The largest absolute Gasteiger partial charge is 0.436 e. The Labute approximate surface area is 110 Å². The van der Waals surface area contributed by atoms with Crippen molar-refractivity contribution in [1.82, 2.24) is 10.8 Å². The summed E-state index contributed by atoms with van der Waals surface area (Å²) in [4.78, 5) is 22.1. The van der Waals surface area contributed by atoms with Crippen LogP contribution in [0.2, 0.25) is 0 Å². The molecule has 1 aromatic rings. The average molecular weight is 265 g/mol. The third-order valence-corrected chi connectivity index (χ3v) is 2.49. The molecule has 0 saturated heterocycles. The summed E-state index contributed by atoms with van der Waals surface area (Å²) in [5, 5.41) is 18.3. The van der Waals surface area contributed by atoms with Gasteiger partial charge in [-0.05, 0) is 30.2 Å². The number of hydrogen-bond donors (Lipinski definition) is 4. The Bertz CT molecular complexity index is 514. The number of aryl methyl sites for hydroxylation is 1. The summed E-state index contributed by atoms with van der Waals surface area (Å²) in [5.41, 5.74) is 2.82. The average Bonchev–Trinajstić information content (AvgIpc) is 2.41. The first kappa shape index (κ1) is 14.7. The van der Waals surface area contributed by atoms with Gasteiger partial charge in [0.2, 0.25) is 0 Å². The van der Waals surface area contributed by atoms with Gasteiger partial charge in [0.05, 0.1) is 0 Å². The maximum atomic E-state index is 11.3. The second-order valence-corrected chi connectivity index (χ2v) is 3.82. The fourth-order valence-corrected chi connectivity index (χ4v) is 1.45. The lowest BCUT2D eigenvalue weighted by atomic mass is 10.0. The Hall–Kier alpha value is -2.41. The maximum Gasteiger partial charge on any atom is 0.436 e. The van der Waals surface area contributed by atoms with Gasteiger partial charge in [-0.25, -0.2) is 10.3 Å². The van der Waals surface area contributed by atoms with Gasteiger partial charge >= 0.3 is 6.09 Å². The zero-order valence-corrected chi connectivity index (χ0v) is 10.6. The molecule has 7 heteroatoms. The van der Waals surface area contributed by atoms with Gasteiger partial charge in [-0.15, -0.1) is 0 Å². The third-order valence-electron chi connectivity index (χ3n) is 2.49. The lowest BCUT2D eigenvalue weighted by molar-refractivity contribution is -0.114. The van der Waals surface area contributed by atoms with Crippen molar-refractivity contribution in [1.29, 1.82) is 5.41 Å². The van der Waals surface area contributed by atoms with E-state index in [0.717, 1.165) is 5.56 Å². The smallest absolute Gasteiger partial charge is 0.409 e. The van der Waals surface area contributed by atoms with Crippen molar-refractivity contribution in [3.8, 4) is 5.75 Å². The van der Waals surface area contributed by atoms with Crippen LogP contribution in [0, 0.1) is 12.3 Å². The number of ether oxygens (including phenoxy) is 1. The van der Waals surface area contributed by atoms with Crippen molar-refractivity contribution in [3.05, 3.63) is 29.3 Å². The zero-order valence-electron chi connectivity index (χ0n) is 10.6. The number of benzene rings is 1. The monoisotopic (exact) mass is 265 g/mol. The van der Waals surface area contributed by atoms with Crippen molar-refractivity contribution in [2.75, 3.05) is 7.05 Å². The van der Waals surface area contributed by atoms with Crippen molar-refractivity contribution < 1.29 is 19.5 Å². The van der Waals surface area contributed by atoms with Crippen LogP contribution >= 0.6 is 0 Å². The summed E-state index contributed by atoms with van der Waals surface area (Å²) in [7, 11) is 1.45. The van der Waals surface area contributed by atoms with E-state index in [9.17, 15) is 9.59 Å². The van der Waals surface area contributed by atoms with E-state index in [1.54, 1.807) is 18.2 Å². The molecule has 1 aromatic carbocycles. The Kier molecular flexibility index (Phi) is 5.01. The molecule has 0 aliphatic carbocycles. The van der Waals surface area contributed by atoms with Crippen molar-refractivity contribution in [3.63, 3.8) is 0 Å². The highest BCUT2D eigenvalue weighted by molar-refractivity contribution is 6.37. The quantitative estimate of drug-likeness (QED) is 0.366. The molecule has 1 rings (SSSR count). The van der Waals surface area contributed by atoms with E-state index in [1.165, 1.54) is 12.5 Å². The van der Waals surface area contributed by atoms with E-state index in [4.69, 9.17) is 15.4 Å². The van der Waals surface area contributed by atoms with E-state index in [1.807, 2.05) is 6.92 Å². The first-order valence-electron chi connectivity index (χ1n) is 5.49. The second-order valence-electron chi connectivity index (χ2n) is 3.82. The molecule has 0 heterocycles. The summed E-state index contributed by atoms with van der Waals surface area (Å²) >= 11 is 0. The summed E-state index contributed by atoms with van der Waals surface area (Å²) in [6, 6.07) is 4.80. The Morgan fingerprint density at radius 1 is 1.42 bits per heavy atom. The van der Waals surface area contributed by atoms with E-state index in [0.29, 0.717) is 5.56 Å². The Balaban J connectivity index is 2.88. The van der Waals surface area contributed by atoms with Gasteiger partial charge in [0, 0.05) is 13.5 Å². The standard InChI is InChI=1S/C12H15N3O4/c1-7-3-4-9(19-12(17)15-18)5-8(7)6-10(13)11(16)14-2/h3-5,13,18H,6H2,1-2H3,(H,14,16)(H,15,17). The Morgan fingerprint density at radius 2 is 2.11 bits per heavy atom. The molecule has 0 radical (unpaired) electrons. The summed E-state index contributed by atoms with van der Waals surface area (Å²) < 4.78 is 4.76. The first-order valence-corrected chi connectivity index (χ1v) is 5.49. The van der Waals surface area contributed by atoms with Gasteiger partial charge in [0.15, 0.2) is 0 Å². The number of hydroxylamine groups is 1. The molecule has 0 spiro atoms. The van der Waals surface area contributed by atoms with Gasteiger partial charge in [0.25, 0.3) is 5.91 Å². The number of nitrogens with one attached hydrogen (secondary N) is 3. The molecule has 19 heavy (non-hydrogen) atoms. The molecule has 0 aliphatic rings. The van der Waals surface area contributed by atoms with E-state index in [2.05, 4.69) is 5.32 Å². The summed E-state index contributed by atoms with van der Waals surface area (Å²) in [6.45, 7) is 1.82. The van der Waals surface area contributed by atoms with Crippen LogP contribution in [0.1, 0.15) is 11.1 Å². The number of carbonyl (C=O) groups is 2. The molecule has 0 aliphatic heterocycles. The molecule has 102 valence electrons. The number of amides is 2. The third kappa shape index (κ3) is 4.07. The molecule has 0 aromatic heterocycles. The SMILES string of the molecule is CNC(=O)C(=N)Cc1cc(OC(=O)NO)ccc1C. The molecular weight excluding hydrogens is 250 g/mol. The highest BCUT2D eigenvalue weighted by atomic mass is 16.6. The zero-order chi connectivity index (χ0) is 14.4. The second kappa shape index (κ2) is 6.50. The minimum atomic E-state index is -1.00. The molecule has 0 saturated carbocycles. The normalized spacial score (nSPS) is 9.63. The number of rotatable bonds is 4. The molecular formula is C12H15N3O4. The van der Waals surface area contributed by atoms with Crippen LogP contribution in [0.4, 0.5) is 4.79 Å². The van der Waals surface area contributed by atoms with Crippen molar-refractivity contribution in [2.45, 2.75) is 13.3 Å². The van der Waals surface area contributed by atoms with E-state index in [-0.39, 0.29) is 17.9 Å². The van der Waals surface area contributed by atoms with Crippen molar-refractivity contribution in [2.24, 2.45) is 0 Å². The van der Waals surface area contributed by atoms with Crippen LogP contribution in [0.25, 0.3) is 0 Å². The van der Waals surface area contributed by atoms with Gasteiger partial charge in [0.1, 0.15) is 11.5 Å². The molecule has 7 nitrogen and oxygen atoms in total. The van der Waals surface area contributed by atoms with E-state index < -0.39 is 12.0 Å². The van der Waals surface area contributed by atoms with Crippen LogP contribution in [-0.2, 0) is 11.2 Å².